The van der Waals surface area contributed by atoms with Crippen molar-refractivity contribution < 1.29 is 9.47 Å². The van der Waals surface area contributed by atoms with E-state index in [9.17, 15) is 0 Å². The van der Waals surface area contributed by atoms with Gasteiger partial charge < -0.3 is 15.2 Å². The molecule has 1 aromatic carbocycles. The third-order valence-corrected chi connectivity index (χ3v) is 2.99. The molecule has 0 radical (unpaired) electrons. The van der Waals surface area contributed by atoms with E-state index in [2.05, 4.69) is 4.98 Å². The molecular weight excluding hydrogens is 240 g/mol. The molecule has 0 saturated carbocycles. The van der Waals surface area contributed by atoms with E-state index in [1.807, 2.05) is 44.2 Å². The number of hydrogen-bond acceptors (Lipinski definition) is 4. The zero-order valence-electron chi connectivity index (χ0n) is 11.4. The maximum Gasteiger partial charge on any atom is 0.176 e. The Morgan fingerprint density at radius 3 is 2.53 bits per heavy atom. The van der Waals surface area contributed by atoms with Gasteiger partial charge in [0, 0.05) is 24.8 Å². The number of aromatic nitrogens is 1. The largest absolute Gasteiger partial charge is 0.351 e. The number of ether oxygens (including phenoxy) is 2. The highest BCUT2D eigenvalue weighted by Crippen LogP contribution is 2.25. The Balaban J connectivity index is 2.36. The van der Waals surface area contributed by atoms with Crippen molar-refractivity contribution in [1.29, 1.82) is 0 Å². The summed E-state index contributed by atoms with van der Waals surface area (Å²) in [5, 5.41) is 1.04. The topological polar surface area (TPSA) is 57.4 Å². The van der Waals surface area contributed by atoms with Crippen LogP contribution in [-0.2, 0) is 9.47 Å². The van der Waals surface area contributed by atoms with Gasteiger partial charge in [-0.25, -0.2) is 0 Å². The summed E-state index contributed by atoms with van der Waals surface area (Å²) in [6.45, 7) is 5.01. The lowest BCUT2D eigenvalue weighted by atomic mass is 10.0. The van der Waals surface area contributed by atoms with E-state index < -0.39 is 6.29 Å². The maximum atomic E-state index is 6.30. The summed E-state index contributed by atoms with van der Waals surface area (Å²) in [5.74, 6) is 0. The van der Waals surface area contributed by atoms with Crippen molar-refractivity contribution in [3.05, 3.63) is 42.1 Å². The Labute approximate surface area is 113 Å². The van der Waals surface area contributed by atoms with Gasteiger partial charge in [0.25, 0.3) is 0 Å². The average molecular weight is 260 g/mol. The van der Waals surface area contributed by atoms with Crippen LogP contribution in [0.25, 0.3) is 10.9 Å². The van der Waals surface area contributed by atoms with Gasteiger partial charge in [-0.1, -0.05) is 18.2 Å². The number of pyridine rings is 1. The molecule has 4 heteroatoms. The second kappa shape index (κ2) is 6.61. The number of hydrogen-bond donors (Lipinski definition) is 1. The maximum absolute atomic E-state index is 6.30. The standard InChI is InChI=1S/C15H20N2O2/c1-3-18-15(19-4-2)14(16)12-7-5-9-13-11(12)8-6-10-17-13/h5-10,14-15H,3-4,16H2,1-2H3. The van der Waals surface area contributed by atoms with Gasteiger partial charge >= 0.3 is 0 Å². The van der Waals surface area contributed by atoms with Gasteiger partial charge in [0.1, 0.15) is 0 Å². The zero-order valence-corrected chi connectivity index (χ0v) is 11.4. The Kier molecular flexibility index (Phi) is 4.85. The first kappa shape index (κ1) is 13.9. The highest BCUT2D eigenvalue weighted by Gasteiger charge is 2.21. The average Bonchev–Trinajstić information content (AvgIpc) is 2.46. The summed E-state index contributed by atoms with van der Waals surface area (Å²) < 4.78 is 11.2. The minimum atomic E-state index is -0.430. The van der Waals surface area contributed by atoms with E-state index >= 15 is 0 Å². The third kappa shape index (κ3) is 3.10. The summed E-state index contributed by atoms with van der Waals surface area (Å²) in [4.78, 5) is 4.34. The third-order valence-electron chi connectivity index (χ3n) is 2.99. The predicted octanol–water partition coefficient (Wildman–Crippen LogP) is 2.63. The molecule has 0 bridgehead atoms. The van der Waals surface area contributed by atoms with E-state index in [1.165, 1.54) is 0 Å². The van der Waals surface area contributed by atoms with Crippen LogP contribution in [0.2, 0.25) is 0 Å². The van der Waals surface area contributed by atoms with Gasteiger partial charge in [-0.3, -0.25) is 4.98 Å². The summed E-state index contributed by atoms with van der Waals surface area (Å²) in [6.07, 6.45) is 1.35. The summed E-state index contributed by atoms with van der Waals surface area (Å²) in [5.41, 5.74) is 8.23. The fourth-order valence-electron chi connectivity index (χ4n) is 2.15. The number of benzene rings is 1. The number of fused-ring (bicyclic) bond motifs is 1. The smallest absolute Gasteiger partial charge is 0.176 e. The molecule has 19 heavy (non-hydrogen) atoms. The number of nitrogens with zero attached hydrogens (tertiary/aromatic N) is 1. The molecule has 1 unspecified atom stereocenters. The van der Waals surface area contributed by atoms with Gasteiger partial charge in [0.2, 0.25) is 0 Å². The molecule has 0 aliphatic heterocycles. The molecule has 1 aromatic heterocycles. The first-order valence-corrected chi connectivity index (χ1v) is 6.60. The van der Waals surface area contributed by atoms with E-state index in [0.29, 0.717) is 13.2 Å². The number of nitrogens with two attached hydrogens (primary N) is 1. The molecule has 0 fully saturated rings. The highest BCUT2D eigenvalue weighted by atomic mass is 16.7. The second-order valence-electron chi connectivity index (χ2n) is 4.22. The van der Waals surface area contributed by atoms with Gasteiger partial charge in [0.15, 0.2) is 6.29 Å². The van der Waals surface area contributed by atoms with Crippen molar-refractivity contribution >= 4 is 10.9 Å². The fourth-order valence-corrected chi connectivity index (χ4v) is 2.15. The van der Waals surface area contributed by atoms with Crippen molar-refractivity contribution in [2.75, 3.05) is 13.2 Å². The van der Waals surface area contributed by atoms with Crippen molar-refractivity contribution in [3.63, 3.8) is 0 Å². The monoisotopic (exact) mass is 260 g/mol. The molecule has 1 heterocycles. The van der Waals surface area contributed by atoms with Gasteiger partial charge in [-0.05, 0) is 31.5 Å². The zero-order chi connectivity index (χ0) is 13.7. The van der Waals surface area contributed by atoms with Crippen LogP contribution in [0.5, 0.6) is 0 Å². The van der Waals surface area contributed by atoms with Crippen LogP contribution in [0.1, 0.15) is 25.5 Å². The number of rotatable bonds is 6. The molecule has 102 valence electrons. The normalized spacial score (nSPS) is 13.1. The highest BCUT2D eigenvalue weighted by molar-refractivity contribution is 5.82. The van der Waals surface area contributed by atoms with Gasteiger partial charge in [-0.15, -0.1) is 0 Å². The van der Waals surface area contributed by atoms with E-state index in [1.54, 1.807) is 6.20 Å². The fraction of sp³-hybridized carbons (Fsp3) is 0.400. The van der Waals surface area contributed by atoms with Crippen molar-refractivity contribution in [1.82, 2.24) is 4.98 Å². The molecule has 1 atom stereocenters. The Bertz CT molecular complexity index is 519. The van der Waals surface area contributed by atoms with Crippen molar-refractivity contribution in [3.8, 4) is 0 Å². The molecule has 0 saturated heterocycles. The predicted molar refractivity (Wildman–Crippen MR) is 75.7 cm³/mol. The van der Waals surface area contributed by atoms with Crippen LogP contribution in [0, 0.1) is 0 Å². The van der Waals surface area contributed by atoms with Crippen LogP contribution in [-0.4, -0.2) is 24.5 Å². The van der Waals surface area contributed by atoms with Crippen LogP contribution in [0.3, 0.4) is 0 Å². The van der Waals surface area contributed by atoms with Gasteiger partial charge in [-0.2, -0.15) is 0 Å². The lowest BCUT2D eigenvalue weighted by Crippen LogP contribution is -2.31. The summed E-state index contributed by atoms with van der Waals surface area (Å²) in [7, 11) is 0. The molecule has 2 rings (SSSR count). The van der Waals surface area contributed by atoms with Crippen LogP contribution in [0.4, 0.5) is 0 Å². The molecular formula is C15H20N2O2. The summed E-state index contributed by atoms with van der Waals surface area (Å²) in [6, 6.07) is 9.54. The molecule has 0 amide bonds. The molecule has 2 N–H and O–H groups in total. The molecule has 2 aromatic rings. The van der Waals surface area contributed by atoms with Crippen LogP contribution in [0.15, 0.2) is 36.5 Å². The van der Waals surface area contributed by atoms with Crippen LogP contribution >= 0.6 is 0 Å². The van der Waals surface area contributed by atoms with Gasteiger partial charge in [0.05, 0.1) is 11.6 Å². The Hall–Kier alpha value is -1.49. The molecule has 0 aliphatic rings. The second-order valence-corrected chi connectivity index (χ2v) is 4.22. The van der Waals surface area contributed by atoms with Crippen molar-refractivity contribution in [2.24, 2.45) is 5.73 Å². The SMILES string of the molecule is CCOC(OCC)C(N)c1cccc2ncccc12. The van der Waals surface area contributed by atoms with E-state index in [-0.39, 0.29) is 6.04 Å². The minimum absolute atomic E-state index is 0.326. The Morgan fingerprint density at radius 2 is 1.84 bits per heavy atom. The lowest BCUT2D eigenvalue weighted by Gasteiger charge is -2.24. The molecule has 4 nitrogen and oxygen atoms in total. The summed E-state index contributed by atoms with van der Waals surface area (Å²) >= 11 is 0. The van der Waals surface area contributed by atoms with Crippen molar-refractivity contribution in [2.45, 2.75) is 26.2 Å². The first-order chi connectivity index (χ1) is 9.27. The molecule has 0 aliphatic carbocycles. The molecule has 0 spiro atoms. The van der Waals surface area contributed by atoms with Crippen LogP contribution < -0.4 is 5.73 Å². The first-order valence-electron chi connectivity index (χ1n) is 6.60. The van der Waals surface area contributed by atoms with E-state index in [4.69, 9.17) is 15.2 Å². The van der Waals surface area contributed by atoms with E-state index in [0.717, 1.165) is 16.5 Å². The minimum Gasteiger partial charge on any atom is -0.351 e. The lowest BCUT2D eigenvalue weighted by molar-refractivity contribution is -0.149. The Morgan fingerprint density at radius 1 is 1.11 bits per heavy atom. The quantitative estimate of drug-likeness (QED) is 0.811.